The van der Waals surface area contributed by atoms with Gasteiger partial charge in [-0.3, -0.25) is 4.79 Å². The van der Waals surface area contributed by atoms with Crippen molar-refractivity contribution in [2.24, 2.45) is 0 Å². The molecule has 96 valence electrons. The number of ketones is 1. The van der Waals surface area contributed by atoms with E-state index in [0.29, 0.717) is 6.42 Å². The second-order valence-corrected chi connectivity index (χ2v) is 5.18. The van der Waals surface area contributed by atoms with E-state index < -0.39 is 0 Å². The third kappa shape index (κ3) is 4.90. The molecule has 3 heteroatoms. The highest BCUT2D eigenvalue weighted by molar-refractivity contribution is 7.12. The maximum atomic E-state index is 11.9. The lowest BCUT2D eigenvalue weighted by atomic mass is 10.1. The maximum absolute atomic E-state index is 11.9. The first-order chi connectivity index (χ1) is 8.29. The zero-order chi connectivity index (χ0) is 12.5. The van der Waals surface area contributed by atoms with E-state index in [-0.39, 0.29) is 5.78 Å². The van der Waals surface area contributed by atoms with Crippen LogP contribution in [0.25, 0.3) is 0 Å². The predicted octanol–water partition coefficient (Wildman–Crippen LogP) is 4.69. The molecule has 0 spiro atoms. The first kappa shape index (κ1) is 14.2. The standard InChI is InChI=1S/C14H22O2S/c1-3-4-5-6-7-8-9-12(15)14-13(16-2)10-11-17-14/h10-11H,3-9H2,1-2H3. The molecule has 0 N–H and O–H groups in total. The van der Waals surface area contributed by atoms with E-state index >= 15 is 0 Å². The Hall–Kier alpha value is -0.830. The van der Waals surface area contributed by atoms with E-state index in [1.165, 1.54) is 43.4 Å². The first-order valence-electron chi connectivity index (χ1n) is 6.44. The minimum Gasteiger partial charge on any atom is -0.495 e. The summed E-state index contributed by atoms with van der Waals surface area (Å²) < 4.78 is 5.16. The van der Waals surface area contributed by atoms with Gasteiger partial charge in [-0.15, -0.1) is 11.3 Å². The summed E-state index contributed by atoms with van der Waals surface area (Å²) >= 11 is 1.48. The Balaban J connectivity index is 2.21. The number of thiophene rings is 1. The summed E-state index contributed by atoms with van der Waals surface area (Å²) in [6.07, 6.45) is 7.96. The van der Waals surface area contributed by atoms with Crippen molar-refractivity contribution in [1.82, 2.24) is 0 Å². The van der Waals surface area contributed by atoms with Gasteiger partial charge in [0.2, 0.25) is 0 Å². The summed E-state index contributed by atoms with van der Waals surface area (Å²) in [6, 6.07) is 1.86. The van der Waals surface area contributed by atoms with Crippen LogP contribution in [-0.4, -0.2) is 12.9 Å². The average molecular weight is 254 g/mol. The van der Waals surface area contributed by atoms with Crippen LogP contribution in [0.3, 0.4) is 0 Å². The maximum Gasteiger partial charge on any atom is 0.176 e. The molecular formula is C14H22O2S. The van der Waals surface area contributed by atoms with Crippen LogP contribution in [-0.2, 0) is 0 Å². The van der Waals surface area contributed by atoms with Gasteiger partial charge in [-0.2, -0.15) is 0 Å². The number of hydrogen-bond donors (Lipinski definition) is 0. The lowest BCUT2D eigenvalue weighted by Crippen LogP contribution is -1.98. The molecule has 0 radical (unpaired) electrons. The molecule has 1 aromatic rings. The summed E-state index contributed by atoms with van der Waals surface area (Å²) in [5.74, 6) is 0.957. The molecule has 0 aliphatic rings. The molecule has 1 heterocycles. The average Bonchev–Trinajstić information content (AvgIpc) is 2.81. The molecule has 0 aliphatic carbocycles. The lowest BCUT2D eigenvalue weighted by Gasteiger charge is -2.02. The Morgan fingerprint density at radius 3 is 2.65 bits per heavy atom. The summed E-state index contributed by atoms with van der Waals surface area (Å²) in [6.45, 7) is 2.21. The Bertz CT molecular complexity index is 331. The van der Waals surface area contributed by atoms with E-state index in [9.17, 15) is 4.79 Å². The summed E-state index contributed by atoms with van der Waals surface area (Å²) in [4.78, 5) is 12.7. The van der Waals surface area contributed by atoms with Crippen LogP contribution >= 0.6 is 11.3 Å². The van der Waals surface area contributed by atoms with Gasteiger partial charge in [-0.05, 0) is 17.9 Å². The van der Waals surface area contributed by atoms with Crippen molar-refractivity contribution < 1.29 is 9.53 Å². The van der Waals surface area contributed by atoms with Crippen molar-refractivity contribution in [3.63, 3.8) is 0 Å². The van der Waals surface area contributed by atoms with E-state index in [4.69, 9.17) is 4.74 Å². The fourth-order valence-corrected chi connectivity index (χ4v) is 2.67. The second kappa shape index (κ2) is 8.29. The van der Waals surface area contributed by atoms with Crippen LogP contribution in [0.2, 0.25) is 0 Å². The largest absolute Gasteiger partial charge is 0.495 e. The number of Topliss-reactive ketones (excluding diaryl/α,β-unsaturated/α-hetero) is 1. The molecule has 0 saturated carbocycles. The Kier molecular flexibility index (Phi) is 6.94. The third-order valence-corrected chi connectivity index (χ3v) is 3.80. The van der Waals surface area contributed by atoms with Crippen molar-refractivity contribution in [1.29, 1.82) is 0 Å². The smallest absolute Gasteiger partial charge is 0.176 e. The van der Waals surface area contributed by atoms with E-state index in [2.05, 4.69) is 6.92 Å². The summed E-state index contributed by atoms with van der Waals surface area (Å²) in [5, 5.41) is 1.91. The van der Waals surface area contributed by atoms with Crippen LogP contribution in [0.5, 0.6) is 5.75 Å². The fourth-order valence-electron chi connectivity index (χ4n) is 1.84. The van der Waals surface area contributed by atoms with Gasteiger partial charge in [0, 0.05) is 6.42 Å². The van der Waals surface area contributed by atoms with Crippen LogP contribution in [0, 0.1) is 0 Å². The molecule has 0 atom stereocenters. The fraction of sp³-hybridized carbons (Fsp3) is 0.643. The van der Waals surface area contributed by atoms with E-state index in [0.717, 1.165) is 17.0 Å². The van der Waals surface area contributed by atoms with Crippen molar-refractivity contribution in [3.05, 3.63) is 16.3 Å². The van der Waals surface area contributed by atoms with Gasteiger partial charge in [0.15, 0.2) is 5.78 Å². The molecule has 1 rings (SSSR count). The number of carbonyl (C=O) groups excluding carboxylic acids is 1. The van der Waals surface area contributed by atoms with Crippen LogP contribution in [0.1, 0.15) is 61.5 Å². The van der Waals surface area contributed by atoms with Gasteiger partial charge in [0.25, 0.3) is 0 Å². The highest BCUT2D eigenvalue weighted by atomic mass is 32.1. The van der Waals surface area contributed by atoms with Crippen LogP contribution in [0.4, 0.5) is 0 Å². The Morgan fingerprint density at radius 1 is 1.24 bits per heavy atom. The van der Waals surface area contributed by atoms with Gasteiger partial charge < -0.3 is 4.74 Å². The van der Waals surface area contributed by atoms with E-state index in [1.807, 2.05) is 11.4 Å². The van der Waals surface area contributed by atoms with Crippen molar-refractivity contribution in [3.8, 4) is 5.75 Å². The zero-order valence-electron chi connectivity index (χ0n) is 10.8. The zero-order valence-corrected chi connectivity index (χ0v) is 11.6. The van der Waals surface area contributed by atoms with Gasteiger partial charge >= 0.3 is 0 Å². The molecule has 0 aromatic carbocycles. The SMILES string of the molecule is CCCCCCCCC(=O)c1sccc1OC. The number of methoxy groups -OCH3 is 1. The Labute approximate surface area is 108 Å². The van der Waals surface area contributed by atoms with Gasteiger partial charge in [-0.1, -0.05) is 39.0 Å². The van der Waals surface area contributed by atoms with Gasteiger partial charge in [0.05, 0.1) is 7.11 Å². The number of unbranched alkanes of at least 4 members (excludes halogenated alkanes) is 5. The van der Waals surface area contributed by atoms with Gasteiger partial charge in [-0.25, -0.2) is 0 Å². The lowest BCUT2D eigenvalue weighted by molar-refractivity contribution is 0.0980. The molecule has 0 fully saturated rings. The summed E-state index contributed by atoms with van der Waals surface area (Å²) in [7, 11) is 1.61. The number of hydrogen-bond acceptors (Lipinski definition) is 3. The summed E-state index contributed by atoms with van der Waals surface area (Å²) in [5.41, 5.74) is 0. The minimum absolute atomic E-state index is 0.229. The van der Waals surface area contributed by atoms with Crippen molar-refractivity contribution in [2.45, 2.75) is 51.9 Å². The second-order valence-electron chi connectivity index (χ2n) is 4.26. The van der Waals surface area contributed by atoms with Crippen molar-refractivity contribution >= 4 is 17.1 Å². The molecule has 0 amide bonds. The Morgan fingerprint density at radius 2 is 1.94 bits per heavy atom. The minimum atomic E-state index is 0.229. The molecule has 0 saturated heterocycles. The molecule has 0 bridgehead atoms. The quantitative estimate of drug-likeness (QED) is 0.472. The highest BCUT2D eigenvalue weighted by Gasteiger charge is 2.12. The first-order valence-corrected chi connectivity index (χ1v) is 7.32. The van der Waals surface area contributed by atoms with E-state index in [1.54, 1.807) is 7.11 Å². The molecule has 17 heavy (non-hydrogen) atoms. The molecule has 0 unspecified atom stereocenters. The topological polar surface area (TPSA) is 26.3 Å². The number of carbonyl (C=O) groups is 1. The molecular weight excluding hydrogens is 232 g/mol. The van der Waals surface area contributed by atoms with Crippen LogP contribution < -0.4 is 4.74 Å². The van der Waals surface area contributed by atoms with Crippen LogP contribution in [0.15, 0.2) is 11.4 Å². The molecule has 1 aromatic heterocycles. The molecule has 0 aliphatic heterocycles. The third-order valence-electron chi connectivity index (χ3n) is 2.86. The predicted molar refractivity (Wildman–Crippen MR) is 73.2 cm³/mol. The number of ether oxygens (including phenoxy) is 1. The monoisotopic (exact) mass is 254 g/mol. The highest BCUT2D eigenvalue weighted by Crippen LogP contribution is 2.26. The van der Waals surface area contributed by atoms with Gasteiger partial charge in [0.1, 0.15) is 10.6 Å². The van der Waals surface area contributed by atoms with Crippen molar-refractivity contribution in [2.75, 3.05) is 7.11 Å². The molecule has 2 nitrogen and oxygen atoms in total. The normalized spacial score (nSPS) is 10.5. The number of rotatable bonds is 9.